The summed E-state index contributed by atoms with van der Waals surface area (Å²) in [6, 6.07) is 6.30. The first kappa shape index (κ1) is 16.2. The molecule has 1 aromatic heterocycles. The van der Waals surface area contributed by atoms with E-state index in [9.17, 15) is 13.2 Å². The van der Waals surface area contributed by atoms with Gasteiger partial charge in [-0.25, -0.2) is 0 Å². The number of aryl methyl sites for hydroxylation is 1. The van der Waals surface area contributed by atoms with E-state index in [4.69, 9.17) is 4.18 Å². The van der Waals surface area contributed by atoms with Gasteiger partial charge < -0.3 is 4.18 Å². The molecule has 1 heterocycles. The van der Waals surface area contributed by atoms with Gasteiger partial charge in [-0.3, -0.25) is 9.89 Å². The number of nitrogens with one attached hydrogen (secondary N) is 1. The maximum atomic E-state index is 12.3. The van der Waals surface area contributed by atoms with E-state index in [0.717, 1.165) is 5.56 Å². The van der Waals surface area contributed by atoms with Gasteiger partial charge in [0.1, 0.15) is 10.6 Å². The molecule has 1 N–H and O–H groups in total. The summed E-state index contributed by atoms with van der Waals surface area (Å²) in [7, 11) is -4.01. The van der Waals surface area contributed by atoms with Gasteiger partial charge >= 0.3 is 10.1 Å². The number of benzene rings is 1. The molecule has 0 spiro atoms. The van der Waals surface area contributed by atoms with Crippen molar-refractivity contribution in [2.45, 2.75) is 38.0 Å². The van der Waals surface area contributed by atoms with Crippen molar-refractivity contribution >= 4 is 16.4 Å². The number of hydrogen-bond acceptors (Lipinski definition) is 5. The summed E-state index contributed by atoms with van der Waals surface area (Å²) >= 11 is 0. The molecule has 0 unspecified atom stereocenters. The maximum Gasteiger partial charge on any atom is 0.340 e. The zero-order valence-corrected chi connectivity index (χ0v) is 13.7. The lowest BCUT2D eigenvalue weighted by Crippen LogP contribution is -2.17. The van der Waals surface area contributed by atoms with Gasteiger partial charge in [0.2, 0.25) is 0 Å². The first-order chi connectivity index (χ1) is 10.1. The minimum Gasteiger partial charge on any atom is -0.356 e. The molecule has 7 heteroatoms. The lowest BCUT2D eigenvalue weighted by molar-refractivity contribution is 0.111. The number of aromatic nitrogens is 2. The number of aromatic amines is 1. The summed E-state index contributed by atoms with van der Waals surface area (Å²) in [6.07, 6.45) is 0.596. The average Bonchev–Trinajstić information content (AvgIpc) is 2.81. The Balaban J connectivity index is 2.44. The Morgan fingerprint density at radius 3 is 2.27 bits per heavy atom. The summed E-state index contributed by atoms with van der Waals surface area (Å²) in [4.78, 5) is 11.1. The molecule has 2 aromatic rings. The van der Waals surface area contributed by atoms with Crippen LogP contribution in [0.2, 0.25) is 0 Å². The summed E-state index contributed by atoms with van der Waals surface area (Å²) in [5.74, 6) is -0.102. The Bertz CT molecular complexity index is 784. The second-order valence-corrected chi connectivity index (χ2v) is 7.58. The van der Waals surface area contributed by atoms with Gasteiger partial charge in [-0.15, -0.1) is 5.10 Å². The molecule has 0 saturated heterocycles. The molecule has 0 aliphatic rings. The highest BCUT2D eigenvalue weighted by Gasteiger charge is 2.29. The molecule has 0 saturated carbocycles. The van der Waals surface area contributed by atoms with E-state index in [1.54, 1.807) is 12.1 Å². The third kappa shape index (κ3) is 3.19. The molecule has 22 heavy (non-hydrogen) atoms. The Kier molecular flexibility index (Phi) is 4.10. The van der Waals surface area contributed by atoms with Crippen molar-refractivity contribution in [2.75, 3.05) is 0 Å². The zero-order valence-electron chi connectivity index (χ0n) is 12.9. The van der Waals surface area contributed by atoms with Gasteiger partial charge in [-0.2, -0.15) is 8.42 Å². The monoisotopic (exact) mass is 322 g/mol. The van der Waals surface area contributed by atoms with Gasteiger partial charge in [0.25, 0.3) is 5.88 Å². The van der Waals surface area contributed by atoms with Crippen molar-refractivity contribution in [3.8, 4) is 5.88 Å². The standard InChI is InChI=1S/C15H18N2O4S/c1-10-5-7-11(8-6-10)22(19,20)21-14-13(15(2,3)4)12(9-18)16-17-14/h5-9H,1-4H3,(H,16,17). The molecule has 1 aromatic carbocycles. The van der Waals surface area contributed by atoms with Gasteiger partial charge in [-0.1, -0.05) is 38.5 Å². The van der Waals surface area contributed by atoms with Gasteiger partial charge in [0.05, 0.1) is 5.56 Å². The molecular formula is C15H18N2O4S. The third-order valence-electron chi connectivity index (χ3n) is 3.13. The SMILES string of the molecule is Cc1ccc(S(=O)(=O)Oc2n[nH]c(C=O)c2C(C)(C)C)cc1. The Hall–Kier alpha value is -2.15. The van der Waals surface area contributed by atoms with Crippen LogP contribution in [0.15, 0.2) is 29.2 Å². The average molecular weight is 322 g/mol. The van der Waals surface area contributed by atoms with Gasteiger partial charge in [0.15, 0.2) is 6.29 Å². The molecule has 0 fully saturated rings. The Morgan fingerprint density at radius 1 is 1.18 bits per heavy atom. The number of hydrogen-bond donors (Lipinski definition) is 1. The topological polar surface area (TPSA) is 89.1 Å². The quantitative estimate of drug-likeness (QED) is 0.690. The summed E-state index contributed by atoms with van der Waals surface area (Å²) in [5.41, 5.74) is 1.08. The second kappa shape index (κ2) is 5.57. The lowest BCUT2D eigenvalue weighted by Gasteiger charge is -2.18. The summed E-state index contributed by atoms with van der Waals surface area (Å²) < 4.78 is 29.8. The maximum absolute atomic E-state index is 12.3. The van der Waals surface area contributed by atoms with E-state index < -0.39 is 15.5 Å². The molecule has 6 nitrogen and oxygen atoms in total. The Labute approximate surface area is 129 Å². The molecule has 2 rings (SSSR count). The van der Waals surface area contributed by atoms with E-state index in [1.807, 2.05) is 27.7 Å². The minimum atomic E-state index is -4.01. The van der Waals surface area contributed by atoms with Crippen molar-refractivity contribution in [1.82, 2.24) is 10.2 Å². The van der Waals surface area contributed by atoms with Crippen LogP contribution in [0.3, 0.4) is 0 Å². The Morgan fingerprint density at radius 2 is 1.77 bits per heavy atom. The third-order valence-corrected chi connectivity index (χ3v) is 4.35. The number of aldehydes is 1. The molecule has 0 aliphatic heterocycles. The van der Waals surface area contributed by atoms with Crippen LogP contribution >= 0.6 is 0 Å². The van der Waals surface area contributed by atoms with Crippen molar-refractivity contribution < 1.29 is 17.4 Å². The van der Waals surface area contributed by atoms with Crippen molar-refractivity contribution in [1.29, 1.82) is 0 Å². The highest BCUT2D eigenvalue weighted by Crippen LogP contribution is 2.33. The first-order valence-electron chi connectivity index (χ1n) is 6.70. The molecular weight excluding hydrogens is 304 g/mol. The van der Waals surface area contributed by atoms with Crippen LogP contribution in [-0.4, -0.2) is 24.9 Å². The smallest absolute Gasteiger partial charge is 0.340 e. The number of carbonyl (C=O) groups is 1. The van der Waals surface area contributed by atoms with E-state index >= 15 is 0 Å². The fourth-order valence-electron chi connectivity index (χ4n) is 2.07. The van der Waals surface area contributed by atoms with Crippen molar-refractivity contribution in [3.05, 3.63) is 41.1 Å². The molecule has 0 atom stereocenters. The highest BCUT2D eigenvalue weighted by atomic mass is 32.2. The van der Waals surface area contributed by atoms with Crippen molar-refractivity contribution in [3.63, 3.8) is 0 Å². The summed E-state index contributed by atoms with van der Waals surface area (Å²) in [6.45, 7) is 7.39. The fourth-order valence-corrected chi connectivity index (χ4v) is 2.96. The summed E-state index contributed by atoms with van der Waals surface area (Å²) in [5, 5.41) is 6.33. The first-order valence-corrected chi connectivity index (χ1v) is 8.11. The largest absolute Gasteiger partial charge is 0.356 e. The van der Waals surface area contributed by atoms with Crippen LogP contribution in [0.5, 0.6) is 5.88 Å². The van der Waals surface area contributed by atoms with E-state index in [-0.39, 0.29) is 16.5 Å². The molecule has 0 bridgehead atoms. The second-order valence-electron chi connectivity index (χ2n) is 6.04. The van der Waals surface area contributed by atoms with Crippen LogP contribution < -0.4 is 4.18 Å². The minimum absolute atomic E-state index is 0.0358. The number of nitrogens with zero attached hydrogens (tertiary/aromatic N) is 1. The van der Waals surface area contributed by atoms with Crippen LogP contribution in [0, 0.1) is 6.92 Å². The predicted octanol–water partition coefficient (Wildman–Crippen LogP) is 2.60. The highest BCUT2D eigenvalue weighted by molar-refractivity contribution is 7.87. The van der Waals surface area contributed by atoms with Crippen molar-refractivity contribution in [2.24, 2.45) is 0 Å². The lowest BCUT2D eigenvalue weighted by atomic mass is 9.87. The van der Waals surface area contributed by atoms with Crippen LogP contribution in [-0.2, 0) is 15.5 Å². The van der Waals surface area contributed by atoms with Gasteiger partial charge in [-0.05, 0) is 24.5 Å². The van der Waals surface area contributed by atoms with Gasteiger partial charge in [0, 0.05) is 0 Å². The van der Waals surface area contributed by atoms with Crippen LogP contribution in [0.25, 0.3) is 0 Å². The zero-order chi connectivity index (χ0) is 16.5. The normalized spacial score (nSPS) is 12.2. The molecule has 118 valence electrons. The van der Waals surface area contributed by atoms with Crippen LogP contribution in [0.4, 0.5) is 0 Å². The number of rotatable bonds is 4. The molecule has 0 amide bonds. The fraction of sp³-hybridized carbons (Fsp3) is 0.333. The number of carbonyl (C=O) groups excluding carboxylic acids is 1. The predicted molar refractivity (Wildman–Crippen MR) is 81.7 cm³/mol. The van der Waals surface area contributed by atoms with E-state index in [1.165, 1.54) is 12.1 Å². The number of H-pyrrole nitrogens is 1. The molecule has 0 aliphatic carbocycles. The van der Waals surface area contributed by atoms with E-state index in [0.29, 0.717) is 11.8 Å². The van der Waals surface area contributed by atoms with E-state index in [2.05, 4.69) is 10.2 Å². The molecule has 0 radical (unpaired) electrons. The van der Waals surface area contributed by atoms with Crippen LogP contribution in [0.1, 0.15) is 42.4 Å².